The largest absolute Gasteiger partial charge is 0.469 e. The highest BCUT2D eigenvalue weighted by Gasteiger charge is 2.26. The van der Waals surface area contributed by atoms with Crippen molar-refractivity contribution in [1.82, 2.24) is 4.90 Å². The molecule has 0 aromatic carbocycles. The van der Waals surface area contributed by atoms with E-state index in [0.717, 1.165) is 6.54 Å². The zero-order valence-corrected chi connectivity index (χ0v) is 10.9. The van der Waals surface area contributed by atoms with E-state index in [1.165, 1.54) is 7.11 Å². The molecule has 0 N–H and O–H groups in total. The molecule has 0 rings (SSSR count). The zero-order chi connectivity index (χ0) is 12.7. The lowest BCUT2D eigenvalue weighted by Gasteiger charge is -2.31. The van der Waals surface area contributed by atoms with E-state index in [1.807, 2.05) is 27.7 Å². The van der Waals surface area contributed by atoms with E-state index in [4.69, 9.17) is 10.00 Å². The van der Waals surface area contributed by atoms with Gasteiger partial charge in [0.05, 0.1) is 25.0 Å². The second-order valence-corrected chi connectivity index (χ2v) is 4.17. The van der Waals surface area contributed by atoms with Gasteiger partial charge < -0.3 is 4.74 Å². The quantitative estimate of drug-likeness (QED) is 0.646. The zero-order valence-electron chi connectivity index (χ0n) is 10.9. The minimum atomic E-state index is -0.199. The van der Waals surface area contributed by atoms with Gasteiger partial charge in [0.2, 0.25) is 0 Å². The molecule has 3 atom stereocenters. The third-order valence-electron chi connectivity index (χ3n) is 3.01. The van der Waals surface area contributed by atoms with E-state index in [9.17, 15) is 4.79 Å². The maximum Gasteiger partial charge on any atom is 0.309 e. The average molecular weight is 226 g/mol. The summed E-state index contributed by atoms with van der Waals surface area (Å²) in [5, 5.41) is 8.79. The van der Waals surface area contributed by atoms with Crippen molar-refractivity contribution in [3.8, 4) is 6.07 Å². The first-order chi connectivity index (χ1) is 7.47. The van der Waals surface area contributed by atoms with E-state index in [2.05, 4.69) is 11.0 Å². The van der Waals surface area contributed by atoms with Crippen LogP contribution in [0.3, 0.4) is 0 Å². The van der Waals surface area contributed by atoms with Crippen molar-refractivity contribution >= 4 is 5.97 Å². The molecule has 0 aliphatic heterocycles. The van der Waals surface area contributed by atoms with Gasteiger partial charge in [0.15, 0.2) is 0 Å². The minimum absolute atomic E-state index is 0.0211. The predicted molar refractivity (Wildman–Crippen MR) is 62.7 cm³/mol. The highest BCUT2D eigenvalue weighted by molar-refractivity contribution is 5.72. The van der Waals surface area contributed by atoms with Crippen LogP contribution in [-0.4, -0.2) is 37.1 Å². The summed E-state index contributed by atoms with van der Waals surface area (Å²) in [4.78, 5) is 13.5. The third-order valence-corrected chi connectivity index (χ3v) is 3.01. The van der Waals surface area contributed by atoms with Gasteiger partial charge in [-0.15, -0.1) is 0 Å². The van der Waals surface area contributed by atoms with Crippen molar-refractivity contribution in [3.05, 3.63) is 0 Å². The Hall–Kier alpha value is -1.08. The fourth-order valence-electron chi connectivity index (χ4n) is 1.67. The first kappa shape index (κ1) is 14.9. The molecule has 92 valence electrons. The van der Waals surface area contributed by atoms with Gasteiger partial charge in [0.25, 0.3) is 0 Å². The number of hydrogen-bond acceptors (Lipinski definition) is 4. The maximum atomic E-state index is 11.4. The summed E-state index contributed by atoms with van der Waals surface area (Å²) in [6.45, 7) is 9.29. The summed E-state index contributed by atoms with van der Waals surface area (Å²) in [5.74, 6) is -0.390. The minimum Gasteiger partial charge on any atom is -0.469 e. The molecule has 0 radical (unpaired) electrons. The fourth-order valence-corrected chi connectivity index (χ4v) is 1.67. The lowest BCUT2D eigenvalue weighted by atomic mass is 10.0. The summed E-state index contributed by atoms with van der Waals surface area (Å²) in [6, 6.07) is 2.30. The Labute approximate surface area is 98.2 Å². The SMILES string of the molecule is CCN(CC(C)C#N)C(C)C(C)C(=O)OC. The van der Waals surface area contributed by atoms with Gasteiger partial charge in [-0.3, -0.25) is 9.69 Å². The van der Waals surface area contributed by atoms with Gasteiger partial charge in [-0.2, -0.15) is 5.26 Å². The standard InChI is InChI=1S/C12H22N2O2/c1-6-14(8-9(2)7-13)11(4)10(3)12(15)16-5/h9-11H,6,8H2,1-5H3. The molecular formula is C12H22N2O2. The van der Waals surface area contributed by atoms with Gasteiger partial charge >= 0.3 is 5.97 Å². The molecule has 16 heavy (non-hydrogen) atoms. The summed E-state index contributed by atoms with van der Waals surface area (Å²) < 4.78 is 4.73. The number of esters is 1. The molecule has 0 aliphatic carbocycles. The molecule has 0 bridgehead atoms. The molecule has 0 aromatic heterocycles. The van der Waals surface area contributed by atoms with Gasteiger partial charge in [-0.05, 0) is 20.4 Å². The third kappa shape index (κ3) is 4.19. The van der Waals surface area contributed by atoms with Crippen molar-refractivity contribution in [2.75, 3.05) is 20.2 Å². The van der Waals surface area contributed by atoms with Crippen molar-refractivity contribution in [1.29, 1.82) is 5.26 Å². The molecule has 0 saturated carbocycles. The normalized spacial score (nSPS) is 16.3. The molecule has 4 heteroatoms. The average Bonchev–Trinajstić information content (AvgIpc) is 2.32. The molecule has 3 unspecified atom stereocenters. The van der Waals surface area contributed by atoms with Crippen LogP contribution in [0.2, 0.25) is 0 Å². The smallest absolute Gasteiger partial charge is 0.309 e. The number of rotatable bonds is 6. The van der Waals surface area contributed by atoms with Gasteiger partial charge in [0, 0.05) is 12.6 Å². The van der Waals surface area contributed by atoms with E-state index in [1.54, 1.807) is 0 Å². The van der Waals surface area contributed by atoms with Gasteiger partial charge in [0.1, 0.15) is 0 Å². The Morgan fingerprint density at radius 3 is 2.38 bits per heavy atom. The first-order valence-electron chi connectivity index (χ1n) is 5.69. The Kier molecular flexibility index (Phi) is 6.75. The second kappa shape index (κ2) is 7.24. The Bertz CT molecular complexity index is 260. The maximum absolute atomic E-state index is 11.4. The number of carbonyl (C=O) groups is 1. The molecule has 0 aromatic rings. The number of hydrogen-bond donors (Lipinski definition) is 0. The van der Waals surface area contributed by atoms with E-state index in [-0.39, 0.29) is 23.8 Å². The number of ether oxygens (including phenoxy) is 1. The molecular weight excluding hydrogens is 204 g/mol. The molecule has 0 fully saturated rings. The van der Waals surface area contributed by atoms with E-state index in [0.29, 0.717) is 6.54 Å². The predicted octanol–water partition coefficient (Wildman–Crippen LogP) is 1.67. The molecule has 0 amide bonds. The van der Waals surface area contributed by atoms with Crippen molar-refractivity contribution < 1.29 is 9.53 Å². The van der Waals surface area contributed by atoms with Crippen LogP contribution in [0.25, 0.3) is 0 Å². The molecule has 0 aliphatic rings. The van der Waals surface area contributed by atoms with E-state index >= 15 is 0 Å². The van der Waals surface area contributed by atoms with Crippen LogP contribution < -0.4 is 0 Å². The monoisotopic (exact) mass is 226 g/mol. The summed E-state index contributed by atoms with van der Waals surface area (Å²) >= 11 is 0. The number of nitrogens with zero attached hydrogens (tertiary/aromatic N) is 2. The van der Waals surface area contributed by atoms with Gasteiger partial charge in [-0.1, -0.05) is 13.8 Å². The number of nitriles is 1. The van der Waals surface area contributed by atoms with Crippen LogP contribution in [0.5, 0.6) is 0 Å². The molecule has 0 saturated heterocycles. The van der Waals surface area contributed by atoms with Gasteiger partial charge in [-0.25, -0.2) is 0 Å². The van der Waals surface area contributed by atoms with Crippen LogP contribution >= 0.6 is 0 Å². The molecule has 0 heterocycles. The topological polar surface area (TPSA) is 53.3 Å². The fraction of sp³-hybridized carbons (Fsp3) is 0.833. The summed E-state index contributed by atoms with van der Waals surface area (Å²) in [5.41, 5.74) is 0. The van der Waals surface area contributed by atoms with E-state index < -0.39 is 0 Å². The Balaban J connectivity index is 4.47. The Morgan fingerprint density at radius 1 is 1.44 bits per heavy atom. The summed E-state index contributed by atoms with van der Waals surface area (Å²) in [6.07, 6.45) is 0. The van der Waals surface area contributed by atoms with Crippen LogP contribution in [0.15, 0.2) is 0 Å². The van der Waals surface area contributed by atoms with Crippen LogP contribution in [0, 0.1) is 23.2 Å². The lowest BCUT2D eigenvalue weighted by Crippen LogP contribution is -2.42. The number of carbonyl (C=O) groups excluding carboxylic acids is 1. The molecule has 0 spiro atoms. The Morgan fingerprint density at radius 2 is 2.00 bits per heavy atom. The van der Waals surface area contributed by atoms with Crippen LogP contribution in [0.4, 0.5) is 0 Å². The second-order valence-electron chi connectivity index (χ2n) is 4.17. The van der Waals surface area contributed by atoms with Crippen molar-refractivity contribution in [2.24, 2.45) is 11.8 Å². The summed E-state index contributed by atoms with van der Waals surface area (Å²) in [7, 11) is 1.40. The highest BCUT2D eigenvalue weighted by Crippen LogP contribution is 2.14. The highest BCUT2D eigenvalue weighted by atomic mass is 16.5. The first-order valence-corrected chi connectivity index (χ1v) is 5.69. The van der Waals surface area contributed by atoms with Crippen LogP contribution in [0.1, 0.15) is 27.7 Å². The van der Waals surface area contributed by atoms with Crippen molar-refractivity contribution in [3.63, 3.8) is 0 Å². The van der Waals surface area contributed by atoms with Crippen molar-refractivity contribution in [2.45, 2.75) is 33.7 Å². The number of methoxy groups -OCH3 is 1. The molecule has 4 nitrogen and oxygen atoms in total. The van der Waals surface area contributed by atoms with Crippen LogP contribution in [-0.2, 0) is 9.53 Å². The lowest BCUT2D eigenvalue weighted by molar-refractivity contribution is -0.147.